The van der Waals surface area contributed by atoms with E-state index in [1.54, 1.807) is 0 Å². The monoisotopic (exact) mass is 260 g/mol. The maximum Gasteiger partial charge on any atom is 0.0296 e. The van der Waals surface area contributed by atoms with Gasteiger partial charge in [-0.1, -0.05) is 28.9 Å². The third-order valence-corrected chi connectivity index (χ3v) is 3.10. The molecule has 0 aromatic carbocycles. The summed E-state index contributed by atoms with van der Waals surface area (Å²) in [6, 6.07) is 0.755. The minimum absolute atomic E-state index is 0.755. The lowest BCUT2D eigenvalue weighted by Gasteiger charge is -2.35. The Morgan fingerprint density at radius 3 is 3.00 bits per heavy atom. The Hall–Kier alpha value is 0.140. The van der Waals surface area contributed by atoms with Gasteiger partial charge in [0.2, 0.25) is 0 Å². The van der Waals surface area contributed by atoms with Gasteiger partial charge in [0.1, 0.15) is 0 Å². The minimum Gasteiger partial charge on any atom is -0.320 e. The molecule has 0 amide bonds. The lowest BCUT2D eigenvalue weighted by atomic mass is 9.99. The predicted octanol–water partition coefficient (Wildman–Crippen LogP) is 2.36. The van der Waals surface area contributed by atoms with Crippen molar-refractivity contribution in [2.45, 2.75) is 31.7 Å². The van der Waals surface area contributed by atoms with Crippen LogP contribution < -0.4 is 5.32 Å². The van der Waals surface area contributed by atoms with Crippen LogP contribution in [0.2, 0.25) is 0 Å². The highest BCUT2D eigenvalue weighted by atomic mass is 79.9. The van der Waals surface area contributed by atoms with Crippen molar-refractivity contribution in [3.05, 3.63) is 11.1 Å². The average molecular weight is 261 g/mol. The SMILES string of the molecule is C=C(Br)CN1CCCCC1CCNC. The summed E-state index contributed by atoms with van der Waals surface area (Å²) in [4.78, 5) is 2.55. The van der Waals surface area contributed by atoms with E-state index in [4.69, 9.17) is 0 Å². The molecule has 1 aliphatic heterocycles. The van der Waals surface area contributed by atoms with E-state index in [1.807, 2.05) is 7.05 Å². The molecule has 1 N–H and O–H groups in total. The van der Waals surface area contributed by atoms with E-state index in [0.717, 1.165) is 23.6 Å². The summed E-state index contributed by atoms with van der Waals surface area (Å²) in [5.41, 5.74) is 0. The molecule has 1 saturated heterocycles. The lowest BCUT2D eigenvalue weighted by molar-refractivity contribution is 0.156. The molecule has 3 heteroatoms. The van der Waals surface area contributed by atoms with E-state index in [9.17, 15) is 0 Å². The first-order chi connectivity index (χ1) is 6.74. The van der Waals surface area contributed by atoms with Gasteiger partial charge in [0.15, 0.2) is 0 Å². The Morgan fingerprint density at radius 1 is 1.57 bits per heavy atom. The molecule has 82 valence electrons. The molecule has 1 unspecified atom stereocenters. The molecule has 0 aromatic heterocycles. The van der Waals surface area contributed by atoms with Gasteiger partial charge in [0.25, 0.3) is 0 Å². The molecule has 1 fully saturated rings. The van der Waals surface area contributed by atoms with Gasteiger partial charge < -0.3 is 5.32 Å². The Labute approximate surface area is 95.9 Å². The van der Waals surface area contributed by atoms with Gasteiger partial charge in [-0.25, -0.2) is 0 Å². The van der Waals surface area contributed by atoms with Crippen molar-refractivity contribution in [1.29, 1.82) is 0 Å². The number of likely N-dealkylation sites (tertiary alicyclic amines) is 1. The molecule has 2 nitrogen and oxygen atoms in total. The van der Waals surface area contributed by atoms with Crippen molar-refractivity contribution < 1.29 is 0 Å². The minimum atomic E-state index is 0.755. The fraction of sp³-hybridized carbons (Fsp3) is 0.818. The second-order valence-electron chi connectivity index (χ2n) is 4.03. The highest BCUT2D eigenvalue weighted by Gasteiger charge is 2.21. The van der Waals surface area contributed by atoms with Crippen LogP contribution in [0.1, 0.15) is 25.7 Å². The standard InChI is InChI=1S/C11H21BrN2/c1-10(12)9-14-8-4-3-5-11(14)6-7-13-2/h11,13H,1,3-9H2,2H3. The van der Waals surface area contributed by atoms with Gasteiger partial charge >= 0.3 is 0 Å². The summed E-state index contributed by atoms with van der Waals surface area (Å²) in [7, 11) is 2.02. The molecular weight excluding hydrogens is 240 g/mol. The van der Waals surface area contributed by atoms with Crippen LogP contribution in [0.4, 0.5) is 0 Å². The number of nitrogens with zero attached hydrogens (tertiary/aromatic N) is 1. The summed E-state index contributed by atoms with van der Waals surface area (Å²) in [6.07, 6.45) is 5.34. The summed E-state index contributed by atoms with van der Waals surface area (Å²) < 4.78 is 1.11. The number of rotatable bonds is 5. The van der Waals surface area contributed by atoms with E-state index in [2.05, 4.69) is 32.7 Å². The second kappa shape index (κ2) is 6.59. The van der Waals surface area contributed by atoms with Crippen molar-refractivity contribution in [1.82, 2.24) is 10.2 Å². The highest BCUT2D eigenvalue weighted by Crippen LogP contribution is 2.21. The molecular formula is C11H21BrN2. The van der Waals surface area contributed by atoms with Gasteiger partial charge in [-0.2, -0.15) is 0 Å². The maximum absolute atomic E-state index is 3.92. The van der Waals surface area contributed by atoms with Gasteiger partial charge in [-0.05, 0) is 39.4 Å². The number of hydrogen-bond donors (Lipinski definition) is 1. The molecule has 1 rings (SSSR count). The van der Waals surface area contributed by atoms with Gasteiger partial charge in [-0.15, -0.1) is 0 Å². The van der Waals surface area contributed by atoms with E-state index < -0.39 is 0 Å². The zero-order valence-electron chi connectivity index (χ0n) is 9.06. The fourth-order valence-electron chi connectivity index (χ4n) is 2.13. The van der Waals surface area contributed by atoms with Crippen LogP contribution in [0, 0.1) is 0 Å². The zero-order valence-corrected chi connectivity index (χ0v) is 10.6. The van der Waals surface area contributed by atoms with E-state index >= 15 is 0 Å². The normalized spacial score (nSPS) is 23.7. The Balaban J connectivity index is 2.37. The largest absolute Gasteiger partial charge is 0.320 e. The maximum atomic E-state index is 3.92. The topological polar surface area (TPSA) is 15.3 Å². The first-order valence-electron chi connectivity index (χ1n) is 5.46. The third kappa shape index (κ3) is 4.11. The molecule has 14 heavy (non-hydrogen) atoms. The molecule has 0 bridgehead atoms. The molecule has 0 aliphatic carbocycles. The van der Waals surface area contributed by atoms with Crippen LogP contribution in [0.5, 0.6) is 0 Å². The van der Waals surface area contributed by atoms with Crippen molar-refractivity contribution in [2.24, 2.45) is 0 Å². The Bertz CT molecular complexity index is 182. The van der Waals surface area contributed by atoms with Crippen LogP contribution in [0.3, 0.4) is 0 Å². The quantitative estimate of drug-likeness (QED) is 0.817. The van der Waals surface area contributed by atoms with Crippen LogP contribution >= 0.6 is 15.9 Å². The third-order valence-electron chi connectivity index (χ3n) is 2.85. The second-order valence-corrected chi connectivity index (χ2v) is 5.15. The first-order valence-corrected chi connectivity index (χ1v) is 6.25. The summed E-state index contributed by atoms with van der Waals surface area (Å²) >= 11 is 3.45. The summed E-state index contributed by atoms with van der Waals surface area (Å²) in [5.74, 6) is 0. The van der Waals surface area contributed by atoms with E-state index in [-0.39, 0.29) is 0 Å². The van der Waals surface area contributed by atoms with Crippen LogP contribution in [0.15, 0.2) is 11.1 Å². The average Bonchev–Trinajstić information content (AvgIpc) is 2.16. The first kappa shape index (κ1) is 12.2. The zero-order chi connectivity index (χ0) is 10.4. The van der Waals surface area contributed by atoms with Gasteiger partial charge in [0.05, 0.1) is 0 Å². The molecule has 0 radical (unpaired) electrons. The fourth-order valence-corrected chi connectivity index (χ4v) is 2.45. The Kier molecular flexibility index (Phi) is 5.75. The molecule has 0 saturated carbocycles. The smallest absolute Gasteiger partial charge is 0.0296 e. The van der Waals surface area contributed by atoms with Crippen molar-refractivity contribution in [3.8, 4) is 0 Å². The van der Waals surface area contributed by atoms with Gasteiger partial charge in [0, 0.05) is 17.1 Å². The number of halogens is 1. The predicted molar refractivity (Wildman–Crippen MR) is 65.8 cm³/mol. The number of nitrogens with one attached hydrogen (secondary N) is 1. The van der Waals surface area contributed by atoms with Crippen molar-refractivity contribution in [2.75, 3.05) is 26.7 Å². The van der Waals surface area contributed by atoms with Gasteiger partial charge in [-0.3, -0.25) is 4.90 Å². The molecule has 0 aromatic rings. The summed E-state index contributed by atoms with van der Waals surface area (Å²) in [6.45, 7) is 7.29. The molecule has 0 spiro atoms. The molecule has 1 atom stereocenters. The Morgan fingerprint density at radius 2 is 2.36 bits per heavy atom. The van der Waals surface area contributed by atoms with E-state index in [0.29, 0.717) is 0 Å². The van der Waals surface area contributed by atoms with Crippen molar-refractivity contribution >= 4 is 15.9 Å². The highest BCUT2D eigenvalue weighted by molar-refractivity contribution is 9.11. The van der Waals surface area contributed by atoms with E-state index in [1.165, 1.54) is 32.2 Å². The van der Waals surface area contributed by atoms with Crippen LogP contribution in [0.25, 0.3) is 0 Å². The number of hydrogen-bond acceptors (Lipinski definition) is 2. The molecule has 1 heterocycles. The molecule has 1 aliphatic rings. The summed E-state index contributed by atoms with van der Waals surface area (Å²) in [5, 5.41) is 3.23. The number of piperidine rings is 1. The van der Waals surface area contributed by atoms with Crippen LogP contribution in [-0.2, 0) is 0 Å². The lowest BCUT2D eigenvalue weighted by Crippen LogP contribution is -2.41. The van der Waals surface area contributed by atoms with Crippen LogP contribution in [-0.4, -0.2) is 37.6 Å². The van der Waals surface area contributed by atoms with Crippen molar-refractivity contribution in [3.63, 3.8) is 0 Å².